The third kappa shape index (κ3) is 7.19. The lowest BCUT2D eigenvalue weighted by Crippen LogP contribution is -2.19. The average molecular weight is 467 g/mol. The molecule has 0 heterocycles. The van der Waals surface area contributed by atoms with Crippen molar-refractivity contribution < 1.29 is 28.2 Å². The van der Waals surface area contributed by atoms with Gasteiger partial charge in [-0.3, -0.25) is 4.79 Å². The number of hydrazone groups is 1. The molecule has 0 saturated carbocycles. The first-order valence-electron chi connectivity index (χ1n) is 8.65. The molecule has 29 heavy (non-hydrogen) atoms. The van der Waals surface area contributed by atoms with Crippen molar-refractivity contribution in [2.24, 2.45) is 5.10 Å². The molecule has 2 rings (SSSR count). The van der Waals surface area contributed by atoms with Crippen molar-refractivity contribution in [2.75, 3.05) is 20.3 Å². The van der Waals surface area contributed by atoms with Gasteiger partial charge in [0.15, 0.2) is 18.1 Å². The second-order valence-corrected chi connectivity index (χ2v) is 6.57. The topological polar surface area (TPSA) is 86.2 Å². The number of hydrogen-bond donors (Lipinski definition) is 1. The van der Waals surface area contributed by atoms with E-state index in [4.69, 9.17) is 14.2 Å². The molecule has 9 heteroatoms. The van der Waals surface area contributed by atoms with E-state index in [1.807, 2.05) is 0 Å². The number of halogens is 2. The van der Waals surface area contributed by atoms with Crippen molar-refractivity contribution in [2.45, 2.75) is 13.3 Å². The fourth-order valence-electron chi connectivity index (χ4n) is 2.26. The first-order valence-corrected chi connectivity index (χ1v) is 9.44. The highest BCUT2D eigenvalue weighted by molar-refractivity contribution is 9.10. The van der Waals surface area contributed by atoms with E-state index >= 15 is 0 Å². The van der Waals surface area contributed by atoms with Gasteiger partial charge in [0.2, 0.25) is 5.91 Å². The molecule has 0 spiro atoms. The van der Waals surface area contributed by atoms with Crippen LogP contribution in [0.15, 0.2) is 46.0 Å². The largest absolute Gasteiger partial charge is 0.493 e. The summed E-state index contributed by atoms with van der Waals surface area (Å²) in [6.07, 6.45) is 1.51. The van der Waals surface area contributed by atoms with Crippen LogP contribution in [0, 0.1) is 5.82 Å². The molecule has 0 radical (unpaired) electrons. The van der Waals surface area contributed by atoms with Gasteiger partial charge in [0.25, 0.3) is 0 Å². The van der Waals surface area contributed by atoms with Crippen LogP contribution in [0.25, 0.3) is 0 Å². The lowest BCUT2D eigenvalue weighted by atomic mass is 10.1. The van der Waals surface area contributed by atoms with Crippen molar-refractivity contribution in [1.82, 2.24) is 5.43 Å². The van der Waals surface area contributed by atoms with E-state index in [0.29, 0.717) is 27.1 Å². The predicted octanol–water partition coefficient (Wildman–Crippen LogP) is 3.23. The molecule has 0 bridgehead atoms. The molecule has 154 valence electrons. The van der Waals surface area contributed by atoms with Crippen LogP contribution in [0.2, 0.25) is 0 Å². The molecule has 0 unspecified atom stereocenters. The minimum absolute atomic E-state index is 0.0722. The number of rotatable bonds is 9. The second kappa shape index (κ2) is 11.2. The minimum atomic E-state index is -0.486. The fourth-order valence-corrected chi connectivity index (χ4v) is 2.69. The van der Waals surface area contributed by atoms with Gasteiger partial charge < -0.3 is 14.2 Å². The van der Waals surface area contributed by atoms with Gasteiger partial charge in [-0.2, -0.15) is 5.10 Å². The van der Waals surface area contributed by atoms with Gasteiger partial charge in [0.05, 0.1) is 26.4 Å². The molecule has 0 atom stereocenters. The predicted molar refractivity (Wildman–Crippen MR) is 109 cm³/mol. The van der Waals surface area contributed by atoms with Crippen molar-refractivity contribution >= 4 is 34.0 Å². The lowest BCUT2D eigenvalue weighted by Gasteiger charge is -2.12. The second-order valence-electron chi connectivity index (χ2n) is 5.71. The molecular formula is C20H20BrFN2O5. The number of nitrogens with zero attached hydrogens (tertiary/aromatic N) is 1. The summed E-state index contributed by atoms with van der Waals surface area (Å²) in [5.74, 6) is -0.451. The van der Waals surface area contributed by atoms with Gasteiger partial charge in [0.1, 0.15) is 5.82 Å². The zero-order valence-corrected chi connectivity index (χ0v) is 17.5. The fraction of sp³-hybridized carbons (Fsp3) is 0.250. The molecule has 1 N–H and O–H groups in total. The smallest absolute Gasteiger partial charge is 0.344 e. The van der Waals surface area contributed by atoms with Gasteiger partial charge >= 0.3 is 5.97 Å². The van der Waals surface area contributed by atoms with E-state index in [9.17, 15) is 14.0 Å². The van der Waals surface area contributed by atoms with E-state index in [1.165, 1.54) is 37.6 Å². The number of carbonyl (C=O) groups excluding carboxylic acids is 2. The molecule has 2 aromatic rings. The molecule has 0 fully saturated rings. The molecular weight excluding hydrogens is 447 g/mol. The molecule has 7 nitrogen and oxygen atoms in total. The zero-order valence-electron chi connectivity index (χ0n) is 15.9. The first kappa shape index (κ1) is 22.4. The Kier molecular flexibility index (Phi) is 8.60. The summed E-state index contributed by atoms with van der Waals surface area (Å²) < 4.78 is 29.0. The van der Waals surface area contributed by atoms with Crippen LogP contribution in [-0.2, 0) is 20.7 Å². The Hall–Kier alpha value is -2.94. The quantitative estimate of drug-likeness (QED) is 0.348. The zero-order chi connectivity index (χ0) is 21.2. The molecule has 2 aromatic carbocycles. The van der Waals surface area contributed by atoms with Crippen LogP contribution in [0.4, 0.5) is 4.39 Å². The molecule has 1 amide bonds. The minimum Gasteiger partial charge on any atom is -0.493 e. The summed E-state index contributed by atoms with van der Waals surface area (Å²) in [5, 5.41) is 3.92. The normalized spacial score (nSPS) is 10.6. The molecule has 0 saturated heterocycles. The number of carbonyl (C=O) groups is 2. The monoisotopic (exact) mass is 466 g/mol. The summed E-state index contributed by atoms with van der Waals surface area (Å²) in [6.45, 7) is 1.73. The van der Waals surface area contributed by atoms with E-state index in [0.717, 1.165) is 0 Å². The van der Waals surface area contributed by atoms with Crippen molar-refractivity contribution in [3.63, 3.8) is 0 Å². The Morgan fingerprint density at radius 1 is 1.21 bits per heavy atom. The van der Waals surface area contributed by atoms with Gasteiger partial charge in [0, 0.05) is 10.0 Å². The maximum atomic E-state index is 12.9. The Morgan fingerprint density at radius 3 is 2.59 bits per heavy atom. The SMILES string of the molecule is CCOC(=O)COc1cc(Br)c(/C=N/NC(=O)Cc2ccc(F)cc2)cc1OC. The molecule has 0 aliphatic rings. The number of nitrogens with one attached hydrogen (secondary N) is 1. The number of esters is 1. The van der Waals surface area contributed by atoms with Crippen LogP contribution in [0.5, 0.6) is 11.5 Å². The number of ether oxygens (including phenoxy) is 3. The van der Waals surface area contributed by atoms with Crippen LogP contribution in [0.1, 0.15) is 18.1 Å². The Labute approximate surface area is 176 Å². The van der Waals surface area contributed by atoms with Crippen molar-refractivity contribution in [1.29, 1.82) is 0 Å². The average Bonchev–Trinajstić information content (AvgIpc) is 2.69. The Balaban J connectivity index is 1.99. The first-order chi connectivity index (χ1) is 13.9. The highest BCUT2D eigenvalue weighted by atomic mass is 79.9. The van der Waals surface area contributed by atoms with E-state index in [1.54, 1.807) is 19.1 Å². The third-order valence-electron chi connectivity index (χ3n) is 3.60. The van der Waals surface area contributed by atoms with Crippen LogP contribution in [-0.4, -0.2) is 38.4 Å². The maximum absolute atomic E-state index is 12.9. The summed E-state index contributed by atoms with van der Waals surface area (Å²) in [7, 11) is 1.46. The highest BCUT2D eigenvalue weighted by Crippen LogP contribution is 2.32. The number of benzene rings is 2. The van der Waals surface area contributed by atoms with E-state index < -0.39 is 5.97 Å². The van der Waals surface area contributed by atoms with E-state index in [-0.39, 0.29) is 31.4 Å². The van der Waals surface area contributed by atoms with Gasteiger partial charge in [-0.1, -0.05) is 12.1 Å². The Bertz CT molecular complexity index is 887. The molecule has 0 aromatic heterocycles. The maximum Gasteiger partial charge on any atom is 0.344 e. The van der Waals surface area contributed by atoms with Crippen molar-refractivity contribution in [3.05, 3.63) is 57.8 Å². The van der Waals surface area contributed by atoms with Gasteiger partial charge in [-0.05, 0) is 52.7 Å². The summed E-state index contributed by atoms with van der Waals surface area (Å²) >= 11 is 3.38. The lowest BCUT2D eigenvalue weighted by molar-refractivity contribution is -0.145. The van der Waals surface area contributed by atoms with Gasteiger partial charge in [-0.25, -0.2) is 14.6 Å². The summed E-state index contributed by atoms with van der Waals surface area (Å²) in [5.41, 5.74) is 3.70. The Morgan fingerprint density at radius 2 is 1.93 bits per heavy atom. The third-order valence-corrected chi connectivity index (χ3v) is 4.29. The summed E-state index contributed by atoms with van der Waals surface area (Å²) in [4.78, 5) is 23.4. The molecule has 0 aliphatic heterocycles. The van der Waals surface area contributed by atoms with Crippen LogP contribution < -0.4 is 14.9 Å². The molecule has 0 aliphatic carbocycles. The number of hydrogen-bond acceptors (Lipinski definition) is 6. The number of methoxy groups -OCH3 is 1. The van der Waals surface area contributed by atoms with Crippen LogP contribution in [0.3, 0.4) is 0 Å². The van der Waals surface area contributed by atoms with E-state index in [2.05, 4.69) is 26.5 Å². The van der Waals surface area contributed by atoms with Gasteiger partial charge in [-0.15, -0.1) is 0 Å². The van der Waals surface area contributed by atoms with Crippen LogP contribution >= 0.6 is 15.9 Å². The standard InChI is InChI=1S/C20H20BrFN2O5/c1-3-28-20(26)12-29-18-10-16(21)14(9-17(18)27-2)11-23-24-19(25)8-13-4-6-15(22)7-5-13/h4-7,9-11H,3,8,12H2,1-2H3,(H,24,25)/b23-11+. The highest BCUT2D eigenvalue weighted by Gasteiger charge is 2.12. The summed E-state index contributed by atoms with van der Waals surface area (Å²) in [6, 6.07) is 8.92. The van der Waals surface area contributed by atoms with Crippen molar-refractivity contribution in [3.8, 4) is 11.5 Å². The number of amides is 1.